The average Bonchev–Trinajstić information content (AvgIpc) is 2.62. The predicted octanol–water partition coefficient (Wildman–Crippen LogP) is 3.56. The van der Waals surface area contributed by atoms with E-state index < -0.39 is 11.6 Å². The summed E-state index contributed by atoms with van der Waals surface area (Å²) < 4.78 is 38.3. The number of benzene rings is 2. The Balaban J connectivity index is 2.02. The van der Waals surface area contributed by atoms with Crippen molar-refractivity contribution in [2.24, 2.45) is 9.98 Å². The predicted molar refractivity (Wildman–Crippen MR) is 89.1 cm³/mol. The Bertz CT molecular complexity index is 822. The van der Waals surface area contributed by atoms with Gasteiger partial charge in [-0.2, -0.15) is 0 Å². The standard InChI is InChI=1S/C17H15F2N3O2/c1-20-13-9-15-14(23-6-7-24-15)8-10(13)17(21-2)22-12-5-3-4-11(18)16(12)19/h3-5,8-9H,1,6-7H2,2H3,(H,21,22). The van der Waals surface area contributed by atoms with Crippen molar-refractivity contribution in [2.75, 3.05) is 25.6 Å². The minimum Gasteiger partial charge on any atom is -0.486 e. The molecule has 1 N–H and O–H groups in total. The fraction of sp³-hybridized carbons (Fsp3) is 0.176. The smallest absolute Gasteiger partial charge is 0.182 e. The van der Waals surface area contributed by atoms with Crippen LogP contribution in [0.5, 0.6) is 11.5 Å². The summed E-state index contributed by atoms with van der Waals surface area (Å²) in [5.74, 6) is -0.533. The van der Waals surface area contributed by atoms with E-state index in [0.717, 1.165) is 6.07 Å². The maximum atomic E-state index is 13.9. The molecule has 0 saturated carbocycles. The van der Waals surface area contributed by atoms with Crippen LogP contribution in [0, 0.1) is 11.6 Å². The third-order valence-corrected chi connectivity index (χ3v) is 3.51. The first-order valence-electron chi connectivity index (χ1n) is 7.22. The highest BCUT2D eigenvalue weighted by molar-refractivity contribution is 6.11. The summed E-state index contributed by atoms with van der Waals surface area (Å²) in [5.41, 5.74) is 1.00. The summed E-state index contributed by atoms with van der Waals surface area (Å²) in [6, 6.07) is 7.23. The molecule has 0 aliphatic carbocycles. The molecule has 0 amide bonds. The number of nitrogens with one attached hydrogen (secondary N) is 1. The summed E-state index contributed by atoms with van der Waals surface area (Å²) in [6.07, 6.45) is 0. The van der Waals surface area contributed by atoms with Crippen molar-refractivity contribution in [3.63, 3.8) is 0 Å². The Labute approximate surface area is 137 Å². The number of nitrogens with zero attached hydrogens (tertiary/aromatic N) is 2. The monoisotopic (exact) mass is 331 g/mol. The van der Waals surface area contributed by atoms with Crippen LogP contribution in [0.3, 0.4) is 0 Å². The van der Waals surface area contributed by atoms with Crippen LogP contribution in [0.25, 0.3) is 0 Å². The number of hydrogen-bond acceptors (Lipinski definition) is 4. The van der Waals surface area contributed by atoms with Gasteiger partial charge in [-0.15, -0.1) is 0 Å². The maximum Gasteiger partial charge on any atom is 0.182 e. The molecule has 0 saturated heterocycles. The summed E-state index contributed by atoms with van der Waals surface area (Å²) in [6.45, 7) is 4.41. The topological polar surface area (TPSA) is 55.2 Å². The summed E-state index contributed by atoms with van der Waals surface area (Å²) in [7, 11) is 1.53. The molecule has 0 fully saturated rings. The molecule has 2 aromatic carbocycles. The zero-order chi connectivity index (χ0) is 17.1. The first kappa shape index (κ1) is 15.9. The molecule has 1 aliphatic heterocycles. The van der Waals surface area contributed by atoms with Crippen LogP contribution in [0.2, 0.25) is 0 Å². The Kier molecular flexibility index (Phi) is 4.41. The van der Waals surface area contributed by atoms with Gasteiger partial charge >= 0.3 is 0 Å². The van der Waals surface area contributed by atoms with E-state index in [0.29, 0.717) is 41.8 Å². The lowest BCUT2D eigenvalue weighted by atomic mass is 10.1. The molecule has 3 rings (SSSR count). The van der Waals surface area contributed by atoms with Gasteiger partial charge in [0, 0.05) is 18.7 Å². The Morgan fingerprint density at radius 1 is 1.17 bits per heavy atom. The second kappa shape index (κ2) is 6.66. The lowest BCUT2D eigenvalue weighted by molar-refractivity contribution is 0.171. The highest BCUT2D eigenvalue weighted by Gasteiger charge is 2.19. The average molecular weight is 331 g/mol. The quantitative estimate of drug-likeness (QED) is 0.691. The van der Waals surface area contributed by atoms with Crippen molar-refractivity contribution in [1.82, 2.24) is 0 Å². The van der Waals surface area contributed by atoms with Gasteiger partial charge in [0.25, 0.3) is 0 Å². The molecule has 0 radical (unpaired) electrons. The van der Waals surface area contributed by atoms with E-state index in [4.69, 9.17) is 9.47 Å². The molecule has 0 atom stereocenters. The van der Waals surface area contributed by atoms with Gasteiger partial charge in [-0.25, -0.2) is 8.78 Å². The molecule has 5 nitrogen and oxygen atoms in total. The van der Waals surface area contributed by atoms with Gasteiger partial charge in [0.05, 0.1) is 11.4 Å². The number of rotatable bonds is 3. The Morgan fingerprint density at radius 2 is 1.88 bits per heavy atom. The van der Waals surface area contributed by atoms with Crippen LogP contribution in [0.15, 0.2) is 40.3 Å². The van der Waals surface area contributed by atoms with Gasteiger partial charge < -0.3 is 14.8 Å². The molecule has 0 unspecified atom stereocenters. The van der Waals surface area contributed by atoms with Crippen LogP contribution in [-0.4, -0.2) is 32.8 Å². The molecule has 2 aromatic rings. The summed E-state index contributed by atoms with van der Waals surface area (Å²) in [5, 5.41) is 2.79. The van der Waals surface area contributed by atoms with Crippen LogP contribution in [0.1, 0.15) is 5.56 Å². The highest BCUT2D eigenvalue weighted by atomic mass is 19.2. The third kappa shape index (κ3) is 2.92. The summed E-state index contributed by atoms with van der Waals surface area (Å²) in [4.78, 5) is 8.07. The minimum atomic E-state index is -0.982. The fourth-order valence-corrected chi connectivity index (χ4v) is 2.37. The van der Waals surface area contributed by atoms with Gasteiger partial charge in [-0.3, -0.25) is 9.98 Å². The summed E-state index contributed by atoms with van der Waals surface area (Å²) >= 11 is 0. The number of ether oxygens (including phenoxy) is 2. The third-order valence-electron chi connectivity index (χ3n) is 3.51. The van der Waals surface area contributed by atoms with Crippen LogP contribution in [0.4, 0.5) is 20.2 Å². The lowest BCUT2D eigenvalue weighted by Gasteiger charge is -2.21. The molecule has 24 heavy (non-hydrogen) atoms. The Morgan fingerprint density at radius 3 is 2.54 bits per heavy atom. The van der Waals surface area contributed by atoms with E-state index in [1.54, 1.807) is 12.1 Å². The number of halogens is 2. The normalized spacial score (nSPS) is 13.5. The zero-order valence-corrected chi connectivity index (χ0v) is 13.0. The molecule has 124 valence electrons. The van der Waals surface area contributed by atoms with Crippen molar-refractivity contribution < 1.29 is 18.3 Å². The number of fused-ring (bicyclic) bond motifs is 1. The van der Waals surface area contributed by atoms with Crippen molar-refractivity contribution >= 4 is 23.9 Å². The van der Waals surface area contributed by atoms with Crippen molar-refractivity contribution in [3.05, 3.63) is 47.5 Å². The van der Waals surface area contributed by atoms with E-state index in [9.17, 15) is 8.78 Å². The highest BCUT2D eigenvalue weighted by Crippen LogP contribution is 2.37. The van der Waals surface area contributed by atoms with Gasteiger partial charge in [-0.05, 0) is 24.9 Å². The zero-order valence-electron chi connectivity index (χ0n) is 13.0. The molecular formula is C17H15F2N3O2. The van der Waals surface area contributed by atoms with E-state index >= 15 is 0 Å². The van der Waals surface area contributed by atoms with E-state index in [2.05, 4.69) is 22.0 Å². The van der Waals surface area contributed by atoms with E-state index in [-0.39, 0.29) is 5.69 Å². The first-order valence-corrected chi connectivity index (χ1v) is 7.22. The maximum absolute atomic E-state index is 13.9. The molecular weight excluding hydrogens is 316 g/mol. The fourth-order valence-electron chi connectivity index (χ4n) is 2.37. The van der Waals surface area contributed by atoms with Crippen molar-refractivity contribution in [2.45, 2.75) is 0 Å². The molecule has 7 heteroatoms. The molecule has 0 spiro atoms. The molecule has 1 heterocycles. The van der Waals surface area contributed by atoms with Gasteiger partial charge in [0.1, 0.15) is 19.0 Å². The number of aliphatic imine (C=N–C) groups is 2. The van der Waals surface area contributed by atoms with E-state index in [1.165, 1.54) is 19.2 Å². The SMILES string of the molecule is C=Nc1cc2c(cc1/C(=N\C)Nc1cccc(F)c1F)OCCO2. The van der Waals surface area contributed by atoms with Gasteiger partial charge in [-0.1, -0.05) is 6.07 Å². The van der Waals surface area contributed by atoms with Gasteiger partial charge in [0.2, 0.25) is 0 Å². The van der Waals surface area contributed by atoms with Crippen molar-refractivity contribution in [1.29, 1.82) is 0 Å². The molecule has 1 aliphatic rings. The van der Waals surface area contributed by atoms with Gasteiger partial charge in [0.15, 0.2) is 23.1 Å². The number of amidine groups is 1. The first-order chi connectivity index (χ1) is 11.6. The van der Waals surface area contributed by atoms with Crippen LogP contribution in [-0.2, 0) is 0 Å². The number of hydrogen-bond donors (Lipinski definition) is 1. The van der Waals surface area contributed by atoms with Crippen LogP contribution >= 0.6 is 0 Å². The second-order valence-electron chi connectivity index (χ2n) is 4.97. The largest absolute Gasteiger partial charge is 0.486 e. The Hall–Kier alpha value is -2.96. The van der Waals surface area contributed by atoms with E-state index in [1.807, 2.05) is 0 Å². The van der Waals surface area contributed by atoms with Crippen molar-refractivity contribution in [3.8, 4) is 11.5 Å². The minimum absolute atomic E-state index is 0.0273. The molecule has 0 bridgehead atoms. The van der Waals surface area contributed by atoms with Crippen LogP contribution < -0.4 is 14.8 Å². The number of anilines is 1. The molecule has 0 aromatic heterocycles. The lowest BCUT2D eigenvalue weighted by Crippen LogP contribution is -2.18. The second-order valence-corrected chi connectivity index (χ2v) is 4.97.